The molecular formula is C25H36N6O7. The van der Waals surface area contributed by atoms with Gasteiger partial charge in [-0.25, -0.2) is 4.79 Å². The van der Waals surface area contributed by atoms with E-state index in [2.05, 4.69) is 20.9 Å². The summed E-state index contributed by atoms with van der Waals surface area (Å²) in [4.78, 5) is 64.6. The average molecular weight is 533 g/mol. The van der Waals surface area contributed by atoms with E-state index >= 15 is 0 Å². The Morgan fingerprint density at radius 2 is 1.58 bits per heavy atom. The van der Waals surface area contributed by atoms with Gasteiger partial charge in [-0.3, -0.25) is 19.2 Å². The van der Waals surface area contributed by atoms with Gasteiger partial charge in [0.15, 0.2) is 0 Å². The fourth-order valence-electron chi connectivity index (χ4n) is 3.90. The number of para-hydroxylation sites is 1. The molecule has 0 saturated carbocycles. The average Bonchev–Trinajstić information content (AvgIpc) is 3.26. The second-order valence-electron chi connectivity index (χ2n) is 9.34. The summed E-state index contributed by atoms with van der Waals surface area (Å²) in [6.07, 6.45) is 0.281. The number of nitrogens with two attached hydrogens (primary N) is 2. The lowest BCUT2D eigenvalue weighted by Crippen LogP contribution is -2.61. The van der Waals surface area contributed by atoms with Crippen molar-refractivity contribution in [3.05, 3.63) is 36.0 Å². The minimum Gasteiger partial charge on any atom is -0.480 e. The Morgan fingerprint density at radius 3 is 2.16 bits per heavy atom. The molecule has 0 spiro atoms. The van der Waals surface area contributed by atoms with E-state index in [4.69, 9.17) is 11.5 Å². The molecule has 0 radical (unpaired) electrons. The van der Waals surface area contributed by atoms with E-state index in [1.165, 1.54) is 6.92 Å². The van der Waals surface area contributed by atoms with E-state index in [0.717, 1.165) is 10.9 Å². The molecule has 10 N–H and O–H groups in total. The Labute approximate surface area is 219 Å². The number of H-pyrrole nitrogens is 1. The monoisotopic (exact) mass is 532 g/mol. The number of aliphatic hydroxyl groups is 1. The summed E-state index contributed by atoms with van der Waals surface area (Å²) in [7, 11) is 0. The van der Waals surface area contributed by atoms with Gasteiger partial charge in [-0.15, -0.1) is 0 Å². The quantitative estimate of drug-likeness (QED) is 0.148. The number of hydrogen-bond donors (Lipinski definition) is 8. The fourth-order valence-corrected chi connectivity index (χ4v) is 3.90. The maximum Gasteiger partial charge on any atom is 0.326 e. The second-order valence-corrected chi connectivity index (χ2v) is 9.34. The van der Waals surface area contributed by atoms with Crippen LogP contribution in [0.5, 0.6) is 0 Å². The molecule has 0 aliphatic heterocycles. The van der Waals surface area contributed by atoms with Gasteiger partial charge in [0.05, 0.1) is 18.6 Å². The number of carbonyl (C=O) groups excluding carboxylic acids is 4. The highest BCUT2D eigenvalue weighted by molar-refractivity contribution is 5.95. The molecule has 0 bridgehead atoms. The zero-order valence-electron chi connectivity index (χ0n) is 21.6. The first-order valence-electron chi connectivity index (χ1n) is 12.3. The Bertz CT molecular complexity index is 1160. The van der Waals surface area contributed by atoms with Gasteiger partial charge in [-0.2, -0.15) is 0 Å². The van der Waals surface area contributed by atoms with Crippen LogP contribution in [0.1, 0.15) is 39.2 Å². The number of aliphatic hydroxyl groups excluding tert-OH is 1. The fraction of sp³-hybridized carbons (Fsp3) is 0.480. The standard InChI is InChI=1S/C25H36N6O7/c1-4-12(2)20(30-24(36)21(13(3)32)31-22(34)16(26)10-19(27)33)23(35)29-18(25(37)38)9-14-11-28-17-8-6-5-7-15(14)17/h5-8,11-13,16,18,20-21,28,32H,4,9-10,26H2,1-3H3,(H2,27,33)(H,29,35)(H,30,36)(H,31,34)(H,37,38). The third-order valence-corrected chi connectivity index (χ3v) is 6.33. The zero-order valence-corrected chi connectivity index (χ0v) is 21.6. The number of primary amides is 1. The van der Waals surface area contributed by atoms with Crippen molar-refractivity contribution in [3.63, 3.8) is 0 Å². The topological polar surface area (TPSA) is 230 Å². The van der Waals surface area contributed by atoms with Crippen molar-refractivity contribution in [3.8, 4) is 0 Å². The molecule has 6 unspecified atom stereocenters. The first-order valence-corrected chi connectivity index (χ1v) is 12.3. The van der Waals surface area contributed by atoms with Gasteiger partial charge < -0.3 is 42.6 Å². The van der Waals surface area contributed by atoms with E-state index in [9.17, 15) is 34.2 Å². The number of hydrogen-bond acceptors (Lipinski definition) is 7. The molecule has 0 aliphatic carbocycles. The van der Waals surface area contributed by atoms with Gasteiger partial charge in [0.2, 0.25) is 23.6 Å². The number of aromatic amines is 1. The lowest BCUT2D eigenvalue weighted by atomic mass is 9.96. The number of carbonyl (C=O) groups is 5. The summed E-state index contributed by atoms with van der Waals surface area (Å²) in [5.41, 5.74) is 12.2. The van der Waals surface area contributed by atoms with E-state index in [1.54, 1.807) is 20.0 Å². The third kappa shape index (κ3) is 8.02. The van der Waals surface area contributed by atoms with Crippen molar-refractivity contribution in [2.45, 2.75) is 70.3 Å². The Balaban J connectivity index is 2.18. The normalized spacial score (nSPS) is 15.9. The third-order valence-electron chi connectivity index (χ3n) is 6.33. The van der Waals surface area contributed by atoms with Crippen molar-refractivity contribution in [1.29, 1.82) is 0 Å². The molecule has 38 heavy (non-hydrogen) atoms. The molecule has 1 aromatic carbocycles. The van der Waals surface area contributed by atoms with Crippen LogP contribution in [-0.4, -0.2) is 75.1 Å². The number of carboxylic acid groups (broad SMARTS) is 1. The molecule has 0 aliphatic rings. The van der Waals surface area contributed by atoms with E-state index in [0.29, 0.717) is 12.0 Å². The van der Waals surface area contributed by atoms with Crippen LogP contribution in [0.3, 0.4) is 0 Å². The predicted molar refractivity (Wildman–Crippen MR) is 138 cm³/mol. The molecule has 13 heteroatoms. The summed E-state index contributed by atoms with van der Waals surface area (Å²) < 4.78 is 0. The number of rotatable bonds is 14. The Kier molecular flexibility index (Phi) is 10.8. The van der Waals surface area contributed by atoms with Crippen LogP contribution < -0.4 is 27.4 Å². The lowest BCUT2D eigenvalue weighted by molar-refractivity contribution is -0.142. The number of fused-ring (bicyclic) bond motifs is 1. The van der Waals surface area contributed by atoms with Crippen LogP contribution in [0, 0.1) is 5.92 Å². The molecular weight excluding hydrogens is 496 g/mol. The van der Waals surface area contributed by atoms with Gasteiger partial charge in [-0.1, -0.05) is 38.5 Å². The molecule has 208 valence electrons. The van der Waals surface area contributed by atoms with Gasteiger partial charge in [0.25, 0.3) is 0 Å². The highest BCUT2D eigenvalue weighted by Crippen LogP contribution is 2.19. The summed E-state index contributed by atoms with van der Waals surface area (Å²) in [5.74, 6) is -5.01. The molecule has 2 rings (SSSR count). The molecule has 2 aromatic rings. The maximum absolute atomic E-state index is 13.2. The predicted octanol–water partition coefficient (Wildman–Crippen LogP) is -1.12. The Morgan fingerprint density at radius 1 is 0.974 bits per heavy atom. The van der Waals surface area contributed by atoms with Crippen molar-refractivity contribution < 1.29 is 34.2 Å². The lowest BCUT2D eigenvalue weighted by Gasteiger charge is -2.29. The molecule has 1 heterocycles. The highest BCUT2D eigenvalue weighted by Gasteiger charge is 2.34. The highest BCUT2D eigenvalue weighted by atomic mass is 16.4. The first kappa shape index (κ1) is 30.3. The Hall–Kier alpha value is -3.97. The van der Waals surface area contributed by atoms with E-state index in [-0.39, 0.29) is 6.42 Å². The van der Waals surface area contributed by atoms with E-state index < -0.39 is 72.2 Å². The number of aromatic nitrogens is 1. The number of aliphatic carboxylic acids is 1. The second kappa shape index (κ2) is 13.5. The van der Waals surface area contributed by atoms with Crippen LogP contribution >= 0.6 is 0 Å². The zero-order chi connectivity index (χ0) is 28.6. The van der Waals surface area contributed by atoms with Crippen LogP contribution in [-0.2, 0) is 30.4 Å². The molecule has 4 amide bonds. The minimum absolute atomic E-state index is 0.00360. The van der Waals surface area contributed by atoms with Crippen molar-refractivity contribution in [2.24, 2.45) is 17.4 Å². The number of benzene rings is 1. The summed E-state index contributed by atoms with van der Waals surface area (Å²) in [6.45, 7) is 4.73. The van der Waals surface area contributed by atoms with Crippen molar-refractivity contribution >= 4 is 40.5 Å². The van der Waals surface area contributed by atoms with Crippen molar-refractivity contribution in [1.82, 2.24) is 20.9 Å². The van der Waals surface area contributed by atoms with Crippen LogP contribution in [0.15, 0.2) is 30.5 Å². The molecule has 1 aromatic heterocycles. The first-order chi connectivity index (χ1) is 17.8. The summed E-state index contributed by atoms with van der Waals surface area (Å²) in [5, 5.41) is 28.0. The smallest absolute Gasteiger partial charge is 0.326 e. The summed E-state index contributed by atoms with van der Waals surface area (Å²) in [6, 6.07) is 2.05. The molecule has 0 fully saturated rings. The van der Waals surface area contributed by atoms with Crippen LogP contribution in [0.25, 0.3) is 10.9 Å². The SMILES string of the molecule is CCC(C)C(NC(=O)C(NC(=O)C(N)CC(N)=O)C(C)O)C(=O)NC(Cc1c[nH]c2ccccc12)C(=O)O. The van der Waals surface area contributed by atoms with Gasteiger partial charge in [0.1, 0.15) is 18.1 Å². The van der Waals surface area contributed by atoms with Crippen LogP contribution in [0.4, 0.5) is 0 Å². The molecule has 0 saturated heterocycles. The number of nitrogens with one attached hydrogen (secondary N) is 4. The molecule has 13 nitrogen and oxygen atoms in total. The van der Waals surface area contributed by atoms with Crippen LogP contribution in [0.2, 0.25) is 0 Å². The maximum atomic E-state index is 13.2. The van der Waals surface area contributed by atoms with Gasteiger partial charge in [-0.05, 0) is 24.5 Å². The minimum atomic E-state index is -1.50. The number of carboxylic acids is 1. The molecule has 6 atom stereocenters. The number of amides is 4. The van der Waals surface area contributed by atoms with Gasteiger partial charge >= 0.3 is 5.97 Å². The van der Waals surface area contributed by atoms with E-state index in [1.807, 2.05) is 24.3 Å². The van der Waals surface area contributed by atoms with Crippen molar-refractivity contribution in [2.75, 3.05) is 0 Å². The largest absolute Gasteiger partial charge is 0.480 e. The van der Waals surface area contributed by atoms with Gasteiger partial charge in [0, 0.05) is 23.5 Å². The summed E-state index contributed by atoms with van der Waals surface area (Å²) >= 11 is 0.